The van der Waals surface area contributed by atoms with Crippen molar-refractivity contribution in [2.24, 2.45) is 0 Å². The molecule has 0 aliphatic carbocycles. The molecule has 1 unspecified atom stereocenters. The third-order valence-corrected chi connectivity index (χ3v) is 5.02. The second-order valence-electron chi connectivity index (χ2n) is 6.78. The predicted molar refractivity (Wildman–Crippen MR) is 102 cm³/mol. The molecule has 1 aliphatic heterocycles. The van der Waals surface area contributed by atoms with Gasteiger partial charge in [0.2, 0.25) is 5.91 Å². The minimum atomic E-state index is -4.53. The van der Waals surface area contributed by atoms with Gasteiger partial charge < -0.3 is 14.6 Å². The molecule has 0 spiro atoms. The molecule has 1 aliphatic rings. The summed E-state index contributed by atoms with van der Waals surface area (Å²) in [6, 6.07) is 5.36. The van der Waals surface area contributed by atoms with Crippen LogP contribution in [0.3, 0.4) is 0 Å². The van der Waals surface area contributed by atoms with Crippen LogP contribution in [0.5, 0.6) is 0 Å². The fourth-order valence-electron chi connectivity index (χ4n) is 3.44. The topological polar surface area (TPSA) is 71.3 Å². The van der Waals surface area contributed by atoms with Gasteiger partial charge in [0, 0.05) is 25.4 Å². The fourth-order valence-corrected chi connectivity index (χ4v) is 3.71. The smallest absolute Gasteiger partial charge is 0.417 e. The maximum atomic E-state index is 12.8. The van der Waals surface area contributed by atoms with E-state index in [1.54, 1.807) is 30.0 Å². The van der Waals surface area contributed by atoms with Crippen LogP contribution < -0.4 is 10.2 Å². The Morgan fingerprint density at radius 3 is 2.86 bits per heavy atom. The van der Waals surface area contributed by atoms with E-state index in [1.807, 2.05) is 0 Å². The molecule has 0 radical (unpaired) electrons. The summed E-state index contributed by atoms with van der Waals surface area (Å²) in [6.45, 7) is 2.20. The maximum absolute atomic E-state index is 12.8. The van der Waals surface area contributed by atoms with Crippen molar-refractivity contribution in [2.75, 3.05) is 16.8 Å². The van der Waals surface area contributed by atoms with Crippen LogP contribution in [0.25, 0.3) is 11.1 Å². The number of aryl methyl sites for hydroxylation is 1. The van der Waals surface area contributed by atoms with Gasteiger partial charge in [-0.2, -0.15) is 13.2 Å². The number of alkyl halides is 3. The van der Waals surface area contributed by atoms with Crippen molar-refractivity contribution in [2.45, 2.75) is 32.0 Å². The van der Waals surface area contributed by atoms with E-state index in [-0.39, 0.29) is 16.7 Å². The Bertz CT molecular complexity index is 1080. The van der Waals surface area contributed by atoms with Gasteiger partial charge in [0.15, 0.2) is 11.5 Å². The predicted octanol–water partition coefficient (Wildman–Crippen LogP) is 4.81. The lowest BCUT2D eigenvalue weighted by molar-refractivity contribution is -0.137. The summed E-state index contributed by atoms with van der Waals surface area (Å²) < 4.78 is 44.0. The largest absolute Gasteiger partial charge is 0.441 e. The summed E-state index contributed by atoms with van der Waals surface area (Å²) >= 11 is 6.06. The van der Waals surface area contributed by atoms with Crippen LogP contribution in [0.2, 0.25) is 5.02 Å². The molecular weight excluding hydrogens is 409 g/mol. The van der Waals surface area contributed by atoms with E-state index < -0.39 is 17.8 Å². The first-order chi connectivity index (χ1) is 13.7. The summed E-state index contributed by atoms with van der Waals surface area (Å²) in [5.41, 5.74) is 0.858. The summed E-state index contributed by atoms with van der Waals surface area (Å²) in [4.78, 5) is 22.6. The number of rotatable bonds is 3. The first-order valence-electron chi connectivity index (χ1n) is 8.90. The number of pyridine rings is 1. The number of nitrogens with one attached hydrogen (secondary N) is 1. The highest BCUT2D eigenvalue weighted by Crippen LogP contribution is 2.36. The second kappa shape index (κ2) is 7.22. The molecule has 1 amide bonds. The summed E-state index contributed by atoms with van der Waals surface area (Å²) in [7, 11) is 0. The summed E-state index contributed by atoms with van der Waals surface area (Å²) in [6.07, 6.45) is -2.57. The van der Waals surface area contributed by atoms with Gasteiger partial charge in [-0.3, -0.25) is 4.79 Å². The number of halogens is 4. The molecule has 4 rings (SSSR count). The lowest BCUT2D eigenvalue weighted by Crippen LogP contribution is -2.40. The third-order valence-electron chi connectivity index (χ3n) is 4.74. The normalized spacial score (nSPS) is 17.1. The number of hydrogen-bond donors (Lipinski definition) is 1. The number of aromatic nitrogens is 2. The van der Waals surface area contributed by atoms with Crippen molar-refractivity contribution in [3.05, 3.63) is 46.9 Å². The van der Waals surface area contributed by atoms with Crippen molar-refractivity contribution in [3.8, 4) is 0 Å². The number of benzene rings is 1. The monoisotopic (exact) mass is 424 g/mol. The molecule has 29 heavy (non-hydrogen) atoms. The highest BCUT2D eigenvalue weighted by atomic mass is 35.5. The summed E-state index contributed by atoms with van der Waals surface area (Å²) in [5.74, 6) is 0.396. The molecule has 1 saturated heterocycles. The standard InChI is InChI=1S/C19H16ClF3N4O2/c1-10-25-14-8-12(4-5-16(14)29-10)26-18(28)15-3-2-6-27(15)17-13(20)7-11(9-24-17)19(21,22)23/h4-5,7-9,15H,2-3,6H2,1H3,(H,26,28). The van der Waals surface area contributed by atoms with Gasteiger partial charge >= 0.3 is 6.18 Å². The van der Waals surface area contributed by atoms with Crippen LogP contribution >= 0.6 is 11.6 Å². The van der Waals surface area contributed by atoms with Gasteiger partial charge in [0.1, 0.15) is 17.4 Å². The van der Waals surface area contributed by atoms with Gasteiger partial charge in [-0.25, -0.2) is 9.97 Å². The van der Waals surface area contributed by atoms with Gasteiger partial charge in [-0.05, 0) is 37.1 Å². The number of anilines is 2. The van der Waals surface area contributed by atoms with Gasteiger partial charge in [-0.1, -0.05) is 11.6 Å². The van der Waals surface area contributed by atoms with Crippen molar-refractivity contribution in [3.63, 3.8) is 0 Å². The minimum Gasteiger partial charge on any atom is -0.441 e. The Hall–Kier alpha value is -2.81. The zero-order chi connectivity index (χ0) is 20.8. The highest BCUT2D eigenvalue weighted by Gasteiger charge is 2.35. The van der Waals surface area contributed by atoms with Crippen molar-refractivity contribution in [1.29, 1.82) is 0 Å². The van der Waals surface area contributed by atoms with Crippen LogP contribution in [-0.2, 0) is 11.0 Å². The average Bonchev–Trinajstić information content (AvgIpc) is 3.26. The molecule has 10 heteroatoms. The van der Waals surface area contributed by atoms with E-state index in [0.29, 0.717) is 42.1 Å². The SMILES string of the molecule is Cc1nc2cc(NC(=O)C3CCCN3c3ncc(C(F)(F)F)cc3Cl)ccc2o1. The van der Waals surface area contributed by atoms with Crippen LogP contribution in [0.15, 0.2) is 34.9 Å². The maximum Gasteiger partial charge on any atom is 0.417 e. The Morgan fingerprint density at radius 1 is 1.34 bits per heavy atom. The van der Waals surface area contributed by atoms with Gasteiger partial charge in [-0.15, -0.1) is 0 Å². The molecule has 6 nitrogen and oxygen atoms in total. The van der Waals surface area contributed by atoms with Crippen LogP contribution in [0, 0.1) is 6.92 Å². The zero-order valence-corrected chi connectivity index (χ0v) is 16.0. The Kier molecular flexibility index (Phi) is 4.85. The number of oxazole rings is 1. The number of hydrogen-bond acceptors (Lipinski definition) is 5. The number of carbonyl (C=O) groups is 1. The average molecular weight is 425 g/mol. The molecule has 1 atom stereocenters. The zero-order valence-electron chi connectivity index (χ0n) is 15.3. The Labute approximate surface area is 168 Å². The molecule has 3 aromatic rings. The molecule has 152 valence electrons. The minimum absolute atomic E-state index is 0.140. The van der Waals surface area contributed by atoms with Crippen molar-refractivity contribution < 1.29 is 22.4 Å². The molecular formula is C19H16ClF3N4O2. The third kappa shape index (κ3) is 3.87. The summed E-state index contributed by atoms with van der Waals surface area (Å²) in [5, 5.41) is 2.69. The van der Waals surface area contributed by atoms with Crippen LogP contribution in [-0.4, -0.2) is 28.5 Å². The number of nitrogens with zero attached hydrogens (tertiary/aromatic N) is 3. The lowest BCUT2D eigenvalue weighted by Gasteiger charge is -2.26. The van der Waals surface area contributed by atoms with Crippen LogP contribution in [0.1, 0.15) is 24.3 Å². The molecule has 0 saturated carbocycles. The van der Waals surface area contributed by atoms with Gasteiger partial charge in [0.05, 0.1) is 10.6 Å². The van der Waals surface area contributed by atoms with E-state index in [2.05, 4.69) is 15.3 Å². The molecule has 1 N–H and O–H groups in total. The van der Waals surface area contributed by atoms with Crippen LogP contribution in [0.4, 0.5) is 24.7 Å². The number of carbonyl (C=O) groups excluding carboxylic acids is 1. The second-order valence-corrected chi connectivity index (χ2v) is 7.19. The first-order valence-corrected chi connectivity index (χ1v) is 9.27. The highest BCUT2D eigenvalue weighted by molar-refractivity contribution is 6.33. The lowest BCUT2D eigenvalue weighted by atomic mass is 10.2. The fraction of sp³-hybridized carbons (Fsp3) is 0.316. The first kappa shape index (κ1) is 19.5. The van der Waals surface area contributed by atoms with E-state index in [9.17, 15) is 18.0 Å². The molecule has 2 aromatic heterocycles. The molecule has 1 aromatic carbocycles. The Balaban J connectivity index is 1.55. The molecule has 3 heterocycles. The van der Waals surface area contributed by atoms with E-state index in [4.69, 9.17) is 16.0 Å². The van der Waals surface area contributed by atoms with E-state index >= 15 is 0 Å². The van der Waals surface area contributed by atoms with Gasteiger partial charge in [0.25, 0.3) is 0 Å². The van der Waals surface area contributed by atoms with Crippen molar-refractivity contribution >= 4 is 40.1 Å². The quantitative estimate of drug-likeness (QED) is 0.653. The Morgan fingerprint density at radius 2 is 2.14 bits per heavy atom. The molecule has 0 bridgehead atoms. The van der Waals surface area contributed by atoms with E-state index in [0.717, 1.165) is 12.3 Å². The van der Waals surface area contributed by atoms with Crippen molar-refractivity contribution in [1.82, 2.24) is 9.97 Å². The molecule has 1 fully saturated rings. The van der Waals surface area contributed by atoms with E-state index in [1.165, 1.54) is 0 Å². The number of fused-ring (bicyclic) bond motifs is 1. The number of amides is 1.